The van der Waals surface area contributed by atoms with E-state index in [2.05, 4.69) is 9.88 Å². The lowest BCUT2D eigenvalue weighted by molar-refractivity contribution is -0.139. The van der Waals surface area contributed by atoms with Crippen molar-refractivity contribution in [3.8, 4) is 22.6 Å². The van der Waals surface area contributed by atoms with Crippen LogP contribution in [0.5, 0.6) is 11.5 Å². The molecule has 0 bridgehead atoms. The molecule has 2 aromatic heterocycles. The van der Waals surface area contributed by atoms with E-state index < -0.39 is 5.97 Å². The minimum Gasteiger partial charge on any atom is -0.496 e. The average molecular weight is 454 g/mol. The van der Waals surface area contributed by atoms with E-state index in [1.165, 1.54) is 0 Å². The summed E-state index contributed by atoms with van der Waals surface area (Å²) in [4.78, 5) is 29.7. The summed E-state index contributed by atoms with van der Waals surface area (Å²) in [7, 11) is 4.96. The number of aromatic nitrogens is 2. The molecular formula is C25H31N3O5. The molecule has 4 rings (SSSR count). The lowest BCUT2D eigenvalue weighted by Gasteiger charge is -2.39. The lowest BCUT2D eigenvalue weighted by Crippen LogP contribution is -2.46. The first-order chi connectivity index (χ1) is 15.9. The van der Waals surface area contributed by atoms with Crippen molar-refractivity contribution >= 4 is 16.7 Å². The van der Waals surface area contributed by atoms with E-state index in [4.69, 9.17) is 14.6 Å². The van der Waals surface area contributed by atoms with E-state index >= 15 is 0 Å². The fraction of sp³-hybridized carbons (Fsp3) is 0.400. The van der Waals surface area contributed by atoms with Crippen molar-refractivity contribution in [3.63, 3.8) is 0 Å². The van der Waals surface area contributed by atoms with Gasteiger partial charge < -0.3 is 19.1 Å². The second-order valence-corrected chi connectivity index (χ2v) is 7.90. The number of nitrogens with zero attached hydrogens (tertiary/aromatic N) is 3. The maximum absolute atomic E-state index is 12.5. The molecule has 8 heteroatoms. The first-order valence-corrected chi connectivity index (χ1v) is 11.0. The number of rotatable bonds is 7. The van der Waals surface area contributed by atoms with Crippen LogP contribution in [-0.2, 0) is 18.4 Å². The SMILES string of the molecule is CC.COc1cc(-c2cn(C)c(=O)c3cnccc23)cc(OC)c1CN1CC(CC(=O)O)C1. The molecular weight excluding hydrogens is 422 g/mol. The van der Waals surface area contributed by atoms with E-state index in [-0.39, 0.29) is 17.9 Å². The van der Waals surface area contributed by atoms with Crippen LogP contribution < -0.4 is 15.0 Å². The second-order valence-electron chi connectivity index (χ2n) is 7.90. The minimum atomic E-state index is -0.760. The van der Waals surface area contributed by atoms with Crippen molar-refractivity contribution in [1.82, 2.24) is 14.5 Å². The largest absolute Gasteiger partial charge is 0.496 e. The van der Waals surface area contributed by atoms with Gasteiger partial charge in [-0.1, -0.05) is 13.8 Å². The Morgan fingerprint density at radius 3 is 2.36 bits per heavy atom. The van der Waals surface area contributed by atoms with Crippen LogP contribution in [0.3, 0.4) is 0 Å². The van der Waals surface area contributed by atoms with Crippen LogP contribution in [0.15, 0.2) is 41.6 Å². The summed E-state index contributed by atoms with van der Waals surface area (Å²) in [6.45, 7) is 6.08. The number of pyridine rings is 2. The summed E-state index contributed by atoms with van der Waals surface area (Å²) >= 11 is 0. The Labute approximate surface area is 193 Å². The number of carbonyl (C=O) groups is 1. The van der Waals surface area contributed by atoms with E-state index in [9.17, 15) is 9.59 Å². The zero-order valence-corrected chi connectivity index (χ0v) is 19.8. The monoisotopic (exact) mass is 453 g/mol. The number of aryl methyl sites for hydroxylation is 1. The molecule has 8 nitrogen and oxygen atoms in total. The van der Waals surface area contributed by atoms with Crippen molar-refractivity contribution in [2.45, 2.75) is 26.8 Å². The smallest absolute Gasteiger partial charge is 0.303 e. The molecule has 0 aliphatic carbocycles. The van der Waals surface area contributed by atoms with E-state index in [1.807, 2.05) is 38.2 Å². The Hall–Kier alpha value is -3.39. The number of carboxylic acids is 1. The number of benzene rings is 1. The van der Waals surface area contributed by atoms with Gasteiger partial charge in [0.05, 0.1) is 31.6 Å². The highest BCUT2D eigenvalue weighted by atomic mass is 16.5. The van der Waals surface area contributed by atoms with Gasteiger partial charge in [0.25, 0.3) is 5.56 Å². The number of aliphatic carboxylic acids is 1. The average Bonchev–Trinajstić information content (AvgIpc) is 2.81. The van der Waals surface area contributed by atoms with Crippen LogP contribution in [0.4, 0.5) is 0 Å². The van der Waals surface area contributed by atoms with Crippen molar-refractivity contribution in [3.05, 3.63) is 52.7 Å². The lowest BCUT2D eigenvalue weighted by atomic mass is 9.94. The van der Waals surface area contributed by atoms with Gasteiger partial charge in [-0.2, -0.15) is 0 Å². The molecule has 0 unspecified atom stereocenters. The molecule has 1 aliphatic rings. The normalized spacial score (nSPS) is 13.7. The highest BCUT2D eigenvalue weighted by Gasteiger charge is 2.30. The number of hydrogen-bond donors (Lipinski definition) is 1. The molecule has 1 N–H and O–H groups in total. The van der Waals surface area contributed by atoms with E-state index in [1.54, 1.807) is 38.2 Å². The van der Waals surface area contributed by atoms with Crippen LogP contribution in [0.25, 0.3) is 21.9 Å². The Balaban J connectivity index is 0.00000149. The summed E-state index contributed by atoms with van der Waals surface area (Å²) in [5.74, 6) is 0.794. The molecule has 0 amide bonds. The molecule has 33 heavy (non-hydrogen) atoms. The van der Waals surface area contributed by atoms with Crippen LogP contribution in [0.2, 0.25) is 0 Å². The molecule has 1 fully saturated rings. The topological polar surface area (TPSA) is 93.9 Å². The molecule has 0 saturated carbocycles. The summed E-state index contributed by atoms with van der Waals surface area (Å²) in [5.41, 5.74) is 2.57. The number of carboxylic acid groups (broad SMARTS) is 1. The summed E-state index contributed by atoms with van der Waals surface area (Å²) in [6.07, 6.45) is 5.26. The molecule has 0 spiro atoms. The van der Waals surface area contributed by atoms with Gasteiger partial charge in [0.1, 0.15) is 11.5 Å². The van der Waals surface area contributed by atoms with Crippen LogP contribution in [-0.4, -0.2) is 52.8 Å². The van der Waals surface area contributed by atoms with Crippen LogP contribution in [0.1, 0.15) is 25.8 Å². The third kappa shape index (κ3) is 5.01. The zero-order chi connectivity index (χ0) is 24.1. The summed E-state index contributed by atoms with van der Waals surface area (Å²) in [5, 5.41) is 10.3. The fourth-order valence-corrected chi connectivity index (χ4v) is 4.24. The predicted molar refractivity (Wildman–Crippen MR) is 128 cm³/mol. The highest BCUT2D eigenvalue weighted by Crippen LogP contribution is 2.38. The Morgan fingerprint density at radius 2 is 1.79 bits per heavy atom. The van der Waals surface area contributed by atoms with Crippen molar-refractivity contribution in [2.75, 3.05) is 27.3 Å². The molecule has 1 aromatic carbocycles. The van der Waals surface area contributed by atoms with Crippen molar-refractivity contribution < 1.29 is 19.4 Å². The maximum atomic E-state index is 12.5. The Bertz CT molecular complexity index is 1170. The number of likely N-dealkylation sites (tertiary alicyclic amines) is 1. The Morgan fingerprint density at radius 1 is 1.15 bits per heavy atom. The molecule has 1 saturated heterocycles. The minimum absolute atomic E-state index is 0.101. The standard InChI is InChI=1S/C23H25N3O5.C2H6/c1-25-12-18(16-4-5-24-9-17(16)23(25)29)15-7-20(30-2)19(21(8-15)31-3)13-26-10-14(11-26)6-22(27)28;1-2/h4-5,7-9,12,14H,6,10-11,13H2,1-3H3,(H,27,28);1-2H3. The number of ether oxygens (including phenoxy) is 2. The first kappa shape index (κ1) is 24.3. The first-order valence-electron chi connectivity index (χ1n) is 11.0. The van der Waals surface area contributed by atoms with Crippen molar-refractivity contribution in [1.29, 1.82) is 0 Å². The van der Waals surface area contributed by atoms with Crippen LogP contribution >= 0.6 is 0 Å². The summed E-state index contributed by atoms with van der Waals surface area (Å²) in [6, 6.07) is 5.74. The van der Waals surface area contributed by atoms with Gasteiger partial charge in [-0.15, -0.1) is 0 Å². The second kappa shape index (κ2) is 10.5. The van der Waals surface area contributed by atoms with Crippen molar-refractivity contribution in [2.24, 2.45) is 13.0 Å². The van der Waals surface area contributed by atoms with E-state index in [0.29, 0.717) is 23.4 Å². The molecule has 3 heterocycles. The van der Waals surface area contributed by atoms with Gasteiger partial charge in [0, 0.05) is 50.8 Å². The van der Waals surface area contributed by atoms with Gasteiger partial charge in [-0.3, -0.25) is 19.5 Å². The predicted octanol–water partition coefficient (Wildman–Crippen LogP) is 3.55. The zero-order valence-electron chi connectivity index (χ0n) is 19.8. The molecule has 1 aliphatic heterocycles. The quantitative estimate of drug-likeness (QED) is 0.585. The number of fused-ring (bicyclic) bond motifs is 1. The maximum Gasteiger partial charge on any atom is 0.303 e. The van der Waals surface area contributed by atoms with Gasteiger partial charge in [0.2, 0.25) is 0 Å². The van der Waals surface area contributed by atoms with Crippen LogP contribution in [0, 0.1) is 5.92 Å². The third-order valence-electron chi connectivity index (χ3n) is 5.78. The third-order valence-corrected chi connectivity index (χ3v) is 5.78. The number of methoxy groups -OCH3 is 2. The number of hydrogen-bond acceptors (Lipinski definition) is 6. The van der Waals surface area contributed by atoms with E-state index in [0.717, 1.165) is 35.2 Å². The highest BCUT2D eigenvalue weighted by molar-refractivity contribution is 5.95. The molecule has 0 radical (unpaired) electrons. The molecule has 176 valence electrons. The Kier molecular flexibility index (Phi) is 7.71. The molecule has 0 atom stereocenters. The summed E-state index contributed by atoms with van der Waals surface area (Å²) < 4.78 is 12.9. The van der Waals surface area contributed by atoms with Gasteiger partial charge >= 0.3 is 5.97 Å². The van der Waals surface area contributed by atoms with Gasteiger partial charge in [-0.05, 0) is 35.1 Å². The van der Waals surface area contributed by atoms with Gasteiger partial charge in [-0.25, -0.2) is 0 Å². The van der Waals surface area contributed by atoms with Gasteiger partial charge in [0.15, 0.2) is 0 Å². The molecule has 3 aromatic rings. The fourth-order valence-electron chi connectivity index (χ4n) is 4.24.